The highest BCUT2D eigenvalue weighted by atomic mass is 32.2. The van der Waals surface area contributed by atoms with Gasteiger partial charge in [0.15, 0.2) is 11.6 Å². The van der Waals surface area contributed by atoms with Crippen molar-refractivity contribution >= 4 is 15.8 Å². The van der Waals surface area contributed by atoms with E-state index in [1.54, 1.807) is 6.07 Å². The second-order valence-corrected chi connectivity index (χ2v) is 7.64. The summed E-state index contributed by atoms with van der Waals surface area (Å²) in [5.74, 6) is -3.71. The molecule has 0 aliphatic heterocycles. The molecule has 0 spiro atoms. The van der Waals surface area contributed by atoms with Gasteiger partial charge in [-0.1, -0.05) is 6.07 Å². The summed E-state index contributed by atoms with van der Waals surface area (Å²) in [6.07, 6.45) is -4.17. The maximum atomic E-state index is 14.2. The van der Waals surface area contributed by atoms with Crippen LogP contribution in [0.1, 0.15) is 11.1 Å². The number of nitriles is 1. The molecule has 3 aromatic rings. The van der Waals surface area contributed by atoms with Gasteiger partial charge in [-0.15, -0.1) is 0 Å². The van der Waals surface area contributed by atoms with Gasteiger partial charge in [0.25, 0.3) is 10.0 Å². The molecule has 0 aliphatic rings. The third kappa shape index (κ3) is 4.89. The van der Waals surface area contributed by atoms with E-state index in [0.717, 1.165) is 48.7 Å². The summed E-state index contributed by atoms with van der Waals surface area (Å²) in [5.41, 5.74) is -1.94. The number of nitrogens with one attached hydrogen (secondary N) is 1. The summed E-state index contributed by atoms with van der Waals surface area (Å²) in [7, 11) is -4.25. The van der Waals surface area contributed by atoms with Crippen LogP contribution in [0.25, 0.3) is 0 Å². The van der Waals surface area contributed by atoms with Gasteiger partial charge in [-0.25, -0.2) is 22.2 Å². The highest BCUT2D eigenvalue weighted by Crippen LogP contribution is 2.37. The van der Waals surface area contributed by atoms with E-state index < -0.39 is 44.0 Å². The number of pyridine rings is 1. The smallest absolute Gasteiger partial charge is 0.419 e. The summed E-state index contributed by atoms with van der Waals surface area (Å²) >= 11 is 0. The highest BCUT2D eigenvalue weighted by molar-refractivity contribution is 7.92. The van der Waals surface area contributed by atoms with Crippen LogP contribution in [-0.2, 0) is 16.2 Å². The van der Waals surface area contributed by atoms with Gasteiger partial charge in [-0.2, -0.15) is 18.4 Å². The lowest BCUT2D eigenvalue weighted by Crippen LogP contribution is -2.14. The third-order valence-electron chi connectivity index (χ3n) is 3.84. The average Bonchev–Trinajstić information content (AvgIpc) is 2.70. The quantitative estimate of drug-likeness (QED) is 0.556. The standard InChI is InChI=1S/C19H10F5N3O3S/c20-12-4-7-17(26-10-12)27-31(28,29)13-5-6-15(11(8-13)9-25)30-16-3-1-2-14(18(16)21)19(22,23)24/h1-8,10H,(H,26,27). The lowest BCUT2D eigenvalue weighted by Gasteiger charge is -2.13. The van der Waals surface area contributed by atoms with Crippen molar-refractivity contribution in [2.45, 2.75) is 11.1 Å². The Morgan fingerprint density at radius 1 is 1.03 bits per heavy atom. The molecule has 0 radical (unpaired) electrons. The van der Waals surface area contributed by atoms with Crippen molar-refractivity contribution in [1.82, 2.24) is 4.98 Å². The molecule has 0 bridgehead atoms. The molecule has 31 heavy (non-hydrogen) atoms. The Morgan fingerprint density at radius 3 is 2.39 bits per heavy atom. The van der Waals surface area contributed by atoms with Crippen molar-refractivity contribution in [2.75, 3.05) is 4.72 Å². The lowest BCUT2D eigenvalue weighted by atomic mass is 10.2. The number of sulfonamides is 1. The van der Waals surface area contributed by atoms with Crippen LogP contribution in [0.2, 0.25) is 0 Å². The Kier molecular flexibility index (Phi) is 5.81. The Hall–Kier alpha value is -3.72. The van der Waals surface area contributed by atoms with Gasteiger partial charge in [0.05, 0.1) is 22.2 Å². The van der Waals surface area contributed by atoms with Gasteiger partial charge in [-0.05, 0) is 42.5 Å². The minimum Gasteiger partial charge on any atom is -0.453 e. The topological polar surface area (TPSA) is 92.1 Å². The number of aromatic nitrogens is 1. The Labute approximate surface area is 172 Å². The minimum absolute atomic E-state index is 0.189. The van der Waals surface area contributed by atoms with Gasteiger partial charge in [0.2, 0.25) is 0 Å². The molecule has 1 N–H and O–H groups in total. The Bertz CT molecular complexity index is 1270. The monoisotopic (exact) mass is 455 g/mol. The number of alkyl halides is 3. The lowest BCUT2D eigenvalue weighted by molar-refractivity contribution is -0.140. The first-order valence-electron chi connectivity index (χ1n) is 8.23. The number of hydrogen-bond acceptors (Lipinski definition) is 5. The molecule has 0 atom stereocenters. The normalized spacial score (nSPS) is 11.6. The van der Waals surface area contributed by atoms with E-state index in [-0.39, 0.29) is 17.1 Å². The molecule has 160 valence electrons. The predicted octanol–water partition coefficient (Wildman–Crippen LogP) is 4.84. The van der Waals surface area contributed by atoms with Crippen LogP contribution in [0.4, 0.5) is 27.8 Å². The zero-order valence-corrected chi connectivity index (χ0v) is 15.9. The fourth-order valence-electron chi connectivity index (χ4n) is 2.41. The van der Waals surface area contributed by atoms with E-state index in [1.165, 1.54) is 0 Å². The maximum absolute atomic E-state index is 14.2. The summed E-state index contributed by atoms with van der Waals surface area (Å²) in [6.45, 7) is 0. The largest absolute Gasteiger partial charge is 0.453 e. The number of anilines is 1. The van der Waals surface area contributed by atoms with E-state index in [4.69, 9.17) is 4.74 Å². The number of rotatable bonds is 5. The fraction of sp³-hybridized carbons (Fsp3) is 0.0526. The van der Waals surface area contributed by atoms with Crippen molar-refractivity contribution in [2.24, 2.45) is 0 Å². The van der Waals surface area contributed by atoms with Gasteiger partial charge in [0, 0.05) is 0 Å². The second-order valence-electron chi connectivity index (χ2n) is 5.95. The Balaban J connectivity index is 1.92. The van der Waals surface area contributed by atoms with Crippen LogP contribution in [0.5, 0.6) is 11.5 Å². The van der Waals surface area contributed by atoms with Crippen molar-refractivity contribution in [3.8, 4) is 17.6 Å². The van der Waals surface area contributed by atoms with Crippen LogP contribution >= 0.6 is 0 Å². The SMILES string of the molecule is N#Cc1cc(S(=O)(=O)Nc2ccc(F)cn2)ccc1Oc1cccc(C(F)(F)F)c1F. The van der Waals surface area contributed by atoms with Gasteiger partial charge < -0.3 is 4.74 Å². The number of benzene rings is 2. The molecular formula is C19H10F5N3O3S. The first kappa shape index (κ1) is 22.0. The molecule has 0 unspecified atom stereocenters. The zero-order chi connectivity index (χ0) is 22.8. The molecule has 2 aromatic carbocycles. The van der Waals surface area contributed by atoms with Crippen LogP contribution in [-0.4, -0.2) is 13.4 Å². The molecule has 0 saturated heterocycles. The van der Waals surface area contributed by atoms with Crippen molar-refractivity contribution in [1.29, 1.82) is 5.26 Å². The van der Waals surface area contributed by atoms with Gasteiger partial charge in [0.1, 0.15) is 23.5 Å². The molecule has 0 aliphatic carbocycles. The number of hydrogen-bond donors (Lipinski definition) is 1. The maximum Gasteiger partial charge on any atom is 0.419 e. The molecule has 0 fully saturated rings. The van der Waals surface area contributed by atoms with Crippen LogP contribution in [0.15, 0.2) is 59.6 Å². The first-order chi connectivity index (χ1) is 14.5. The highest BCUT2D eigenvalue weighted by Gasteiger charge is 2.35. The van der Waals surface area contributed by atoms with E-state index >= 15 is 0 Å². The van der Waals surface area contributed by atoms with Crippen LogP contribution in [0, 0.1) is 23.0 Å². The zero-order valence-electron chi connectivity index (χ0n) is 15.1. The molecule has 1 heterocycles. The molecule has 1 aromatic heterocycles. The number of halogens is 5. The molecule has 0 amide bonds. The molecule has 0 saturated carbocycles. The third-order valence-corrected chi connectivity index (χ3v) is 5.19. The molecule has 3 rings (SSSR count). The number of nitrogens with zero attached hydrogens (tertiary/aromatic N) is 2. The summed E-state index contributed by atoms with van der Waals surface area (Å²) in [6, 6.07) is 8.93. The van der Waals surface area contributed by atoms with E-state index in [9.17, 15) is 35.6 Å². The van der Waals surface area contributed by atoms with E-state index in [1.807, 2.05) is 0 Å². The van der Waals surface area contributed by atoms with Crippen molar-refractivity contribution in [3.63, 3.8) is 0 Å². The summed E-state index contributed by atoms with van der Waals surface area (Å²) in [4.78, 5) is 3.14. The molecular weight excluding hydrogens is 445 g/mol. The van der Waals surface area contributed by atoms with E-state index in [0.29, 0.717) is 6.07 Å². The average molecular weight is 455 g/mol. The van der Waals surface area contributed by atoms with Gasteiger partial charge >= 0.3 is 6.18 Å². The Morgan fingerprint density at radius 2 is 1.77 bits per heavy atom. The van der Waals surface area contributed by atoms with E-state index in [2.05, 4.69) is 9.71 Å². The predicted molar refractivity (Wildman–Crippen MR) is 97.6 cm³/mol. The first-order valence-corrected chi connectivity index (χ1v) is 9.71. The number of ether oxygens (including phenoxy) is 1. The van der Waals surface area contributed by atoms with Crippen molar-refractivity contribution in [3.05, 3.63) is 77.5 Å². The summed E-state index contributed by atoms with van der Waals surface area (Å²) < 4.78 is 97.7. The summed E-state index contributed by atoms with van der Waals surface area (Å²) in [5, 5.41) is 9.29. The second kappa shape index (κ2) is 8.19. The van der Waals surface area contributed by atoms with Crippen LogP contribution < -0.4 is 9.46 Å². The van der Waals surface area contributed by atoms with Crippen molar-refractivity contribution < 1.29 is 35.1 Å². The minimum atomic E-state index is -4.96. The molecule has 6 nitrogen and oxygen atoms in total. The van der Waals surface area contributed by atoms with Crippen LogP contribution in [0.3, 0.4) is 0 Å². The molecule has 12 heteroatoms. The van der Waals surface area contributed by atoms with Gasteiger partial charge in [-0.3, -0.25) is 4.72 Å². The fourth-order valence-corrected chi connectivity index (χ4v) is 3.45.